The molecule has 0 spiro atoms. The van der Waals surface area contributed by atoms with Gasteiger partial charge >= 0.3 is 0 Å². The third kappa shape index (κ3) is 1.84. The van der Waals surface area contributed by atoms with Crippen LogP contribution < -0.4 is 4.90 Å². The molecular weight excluding hydrogens is 352 g/mol. The van der Waals surface area contributed by atoms with Crippen molar-refractivity contribution in [1.82, 2.24) is 0 Å². The summed E-state index contributed by atoms with van der Waals surface area (Å²) in [6, 6.07) is 9.57. The van der Waals surface area contributed by atoms with Crippen molar-refractivity contribution in [3.63, 3.8) is 0 Å². The summed E-state index contributed by atoms with van der Waals surface area (Å²) in [5.74, 6) is -1.66. The number of non-ortho nitro benzene ring substituents is 1. The number of hydrogen-bond donors (Lipinski definition) is 0. The minimum absolute atomic E-state index is 0. The number of nitro benzene ring substituents is 1. The number of hydrogen-bond acceptors (Lipinski definition) is 6. The Hall–Kier alpha value is -2.84. The summed E-state index contributed by atoms with van der Waals surface area (Å²) < 4.78 is 11.3. The van der Waals surface area contributed by atoms with E-state index in [1.54, 1.807) is 24.3 Å². The van der Waals surface area contributed by atoms with Gasteiger partial charge in [-0.2, -0.15) is 0 Å². The van der Waals surface area contributed by atoms with Gasteiger partial charge in [0.25, 0.3) is 5.69 Å². The highest BCUT2D eigenvalue weighted by Crippen LogP contribution is 2.57. The van der Waals surface area contributed by atoms with Crippen LogP contribution in [0.5, 0.6) is 0 Å². The number of anilines is 1. The molecule has 4 aliphatic heterocycles. The van der Waals surface area contributed by atoms with Crippen molar-refractivity contribution in [1.29, 1.82) is 0 Å². The molecule has 0 radical (unpaired) electrons. The van der Waals surface area contributed by atoms with Gasteiger partial charge in [-0.15, -0.1) is 0 Å². The van der Waals surface area contributed by atoms with Crippen molar-refractivity contribution in [3.8, 4) is 0 Å². The number of ether oxygens (including phenoxy) is 2. The molecule has 138 valence electrons. The normalized spacial score (nSPS) is 35.2. The second-order valence-corrected chi connectivity index (χ2v) is 7.10. The van der Waals surface area contributed by atoms with Crippen LogP contribution in [-0.4, -0.2) is 41.2 Å². The van der Waals surface area contributed by atoms with Crippen LogP contribution in [-0.2, 0) is 19.1 Å². The number of epoxide rings is 1. The van der Waals surface area contributed by atoms with Gasteiger partial charge in [0.2, 0.25) is 11.8 Å². The van der Waals surface area contributed by atoms with Crippen LogP contribution in [0.25, 0.3) is 10.8 Å². The first-order valence-electron chi connectivity index (χ1n) is 8.43. The molecule has 0 aliphatic carbocycles. The van der Waals surface area contributed by atoms with Crippen LogP contribution >= 0.6 is 0 Å². The SMILES string of the molecule is C.O=C1C2C3OC([C@H]2C(=O)N1c1ccc([N+](=O)[O-])c2ccccc12)[C@@H]1O[C@H]31. The molecular formula is C19H16N2O6. The van der Waals surface area contributed by atoms with Crippen molar-refractivity contribution in [3.05, 3.63) is 46.5 Å². The molecule has 6 rings (SSSR count). The van der Waals surface area contributed by atoms with Gasteiger partial charge < -0.3 is 9.47 Å². The molecule has 8 nitrogen and oxygen atoms in total. The van der Waals surface area contributed by atoms with Crippen molar-refractivity contribution >= 4 is 34.0 Å². The molecule has 4 heterocycles. The number of amides is 2. The smallest absolute Gasteiger partial charge is 0.277 e. The van der Waals surface area contributed by atoms with Crippen LogP contribution in [0.15, 0.2) is 36.4 Å². The third-order valence-corrected chi connectivity index (χ3v) is 5.94. The lowest BCUT2D eigenvalue weighted by molar-refractivity contribution is -0.383. The molecule has 8 heteroatoms. The van der Waals surface area contributed by atoms with E-state index >= 15 is 0 Å². The van der Waals surface area contributed by atoms with E-state index in [1.807, 2.05) is 0 Å². The number of carbonyl (C=O) groups is 2. The second-order valence-electron chi connectivity index (χ2n) is 7.10. The number of imide groups is 1. The highest BCUT2D eigenvalue weighted by molar-refractivity contribution is 6.26. The number of fused-ring (bicyclic) bond motifs is 9. The maximum absolute atomic E-state index is 13.0. The number of rotatable bonds is 2. The van der Waals surface area contributed by atoms with Gasteiger partial charge in [0.05, 0.1) is 40.0 Å². The first-order chi connectivity index (χ1) is 12.6. The average Bonchev–Trinajstić information content (AvgIpc) is 3.15. The quantitative estimate of drug-likeness (QED) is 0.348. The van der Waals surface area contributed by atoms with Gasteiger partial charge in [-0.25, -0.2) is 4.90 Å². The Kier molecular flexibility index (Phi) is 3.10. The second kappa shape index (κ2) is 5.11. The van der Waals surface area contributed by atoms with Crippen molar-refractivity contribution in [2.75, 3.05) is 4.90 Å². The topological polar surface area (TPSA) is 102 Å². The lowest BCUT2D eigenvalue weighted by atomic mass is 9.81. The maximum Gasteiger partial charge on any atom is 0.277 e. The van der Waals surface area contributed by atoms with Crippen molar-refractivity contribution in [2.45, 2.75) is 31.8 Å². The average molecular weight is 368 g/mol. The lowest BCUT2D eigenvalue weighted by Crippen LogP contribution is -2.35. The van der Waals surface area contributed by atoms with E-state index in [0.717, 1.165) is 0 Å². The molecule has 0 aromatic heterocycles. The van der Waals surface area contributed by atoms with E-state index in [-0.39, 0.29) is 49.3 Å². The Balaban J connectivity index is 0.00000160. The van der Waals surface area contributed by atoms with Gasteiger partial charge in [-0.05, 0) is 12.1 Å². The van der Waals surface area contributed by atoms with Crippen LogP contribution in [0.1, 0.15) is 7.43 Å². The van der Waals surface area contributed by atoms with E-state index in [1.165, 1.54) is 17.0 Å². The van der Waals surface area contributed by atoms with Crippen molar-refractivity contribution in [2.24, 2.45) is 11.8 Å². The fraction of sp³-hybridized carbons (Fsp3) is 0.368. The molecule has 2 amide bonds. The number of nitro groups is 1. The van der Waals surface area contributed by atoms with Gasteiger partial charge in [0.15, 0.2) is 0 Å². The van der Waals surface area contributed by atoms with E-state index in [4.69, 9.17) is 9.47 Å². The minimum atomic E-state index is -0.523. The molecule has 4 aliphatic rings. The third-order valence-electron chi connectivity index (χ3n) is 5.94. The highest BCUT2D eigenvalue weighted by atomic mass is 16.7. The minimum Gasteiger partial charge on any atom is -0.368 e. The molecule has 27 heavy (non-hydrogen) atoms. The zero-order valence-electron chi connectivity index (χ0n) is 13.3. The van der Waals surface area contributed by atoms with Gasteiger partial charge in [-0.3, -0.25) is 19.7 Å². The molecule has 3 unspecified atom stereocenters. The summed E-state index contributed by atoms with van der Waals surface area (Å²) >= 11 is 0. The number of carbonyl (C=O) groups excluding carboxylic acids is 2. The fourth-order valence-electron chi connectivity index (χ4n) is 4.84. The lowest BCUT2D eigenvalue weighted by Gasteiger charge is -2.20. The first-order valence-corrected chi connectivity index (χ1v) is 8.43. The monoisotopic (exact) mass is 368 g/mol. The molecule has 4 fully saturated rings. The summed E-state index contributed by atoms with van der Waals surface area (Å²) in [5.41, 5.74) is 0.339. The summed E-state index contributed by atoms with van der Waals surface area (Å²) in [7, 11) is 0. The van der Waals surface area contributed by atoms with E-state index in [9.17, 15) is 19.7 Å². The predicted octanol–water partition coefficient (Wildman–Crippen LogP) is 2.04. The van der Waals surface area contributed by atoms with E-state index in [0.29, 0.717) is 16.5 Å². The maximum atomic E-state index is 13.0. The molecule has 0 N–H and O–H groups in total. The summed E-state index contributed by atoms with van der Waals surface area (Å²) in [6.45, 7) is 0. The van der Waals surface area contributed by atoms with Crippen LogP contribution in [0, 0.1) is 22.0 Å². The van der Waals surface area contributed by atoms with Crippen LogP contribution in [0.4, 0.5) is 11.4 Å². The summed E-state index contributed by atoms with van der Waals surface area (Å²) in [6.07, 6.45) is -0.875. The van der Waals surface area contributed by atoms with Crippen LogP contribution in [0.2, 0.25) is 0 Å². The molecule has 4 saturated heterocycles. The predicted molar refractivity (Wildman–Crippen MR) is 94.1 cm³/mol. The Morgan fingerprint density at radius 2 is 1.41 bits per heavy atom. The molecule has 0 saturated carbocycles. The van der Waals surface area contributed by atoms with E-state index in [2.05, 4.69) is 0 Å². The zero-order chi connectivity index (χ0) is 17.7. The Morgan fingerprint density at radius 3 is 2.00 bits per heavy atom. The summed E-state index contributed by atoms with van der Waals surface area (Å²) in [4.78, 5) is 38.1. The first kappa shape index (κ1) is 16.3. The number of benzene rings is 2. The molecule has 2 bridgehead atoms. The largest absolute Gasteiger partial charge is 0.368 e. The highest BCUT2D eigenvalue weighted by Gasteiger charge is 2.75. The van der Waals surface area contributed by atoms with E-state index < -0.39 is 16.8 Å². The van der Waals surface area contributed by atoms with Gasteiger partial charge in [-0.1, -0.05) is 25.6 Å². The molecule has 6 atom stereocenters. The van der Waals surface area contributed by atoms with Crippen molar-refractivity contribution < 1.29 is 24.0 Å². The Labute approximate surface area is 153 Å². The molecule has 2 aromatic carbocycles. The van der Waals surface area contributed by atoms with Gasteiger partial charge in [0.1, 0.15) is 12.2 Å². The fourth-order valence-corrected chi connectivity index (χ4v) is 4.84. The Bertz CT molecular complexity index is 1000. The van der Waals surface area contributed by atoms with Crippen LogP contribution in [0.3, 0.4) is 0 Å². The number of nitrogens with zero attached hydrogens (tertiary/aromatic N) is 2. The zero-order valence-corrected chi connectivity index (χ0v) is 13.3. The molecule has 2 aromatic rings. The standard InChI is InChI=1S/C18H12N2O6.CH4/c21-17-11-12(14-16-15(26-16)13(11)25-14)18(22)19(17)9-5-6-10(20(23)24)8-4-2-1-3-7(8)9;/h1-6,11-16H;1H4/t11-,12?,13?,14?,15-,16+;/m0./s1. The Morgan fingerprint density at radius 1 is 0.852 bits per heavy atom. The van der Waals surface area contributed by atoms with Gasteiger partial charge in [0, 0.05) is 11.5 Å². The summed E-state index contributed by atoms with van der Waals surface area (Å²) in [5, 5.41) is 12.2.